The normalized spacial score (nSPS) is 11.2. The third-order valence-electron chi connectivity index (χ3n) is 7.76. The first-order valence-electron chi connectivity index (χ1n) is 13.6. The van der Waals surface area contributed by atoms with Gasteiger partial charge in [-0.1, -0.05) is 110 Å². The number of pyridine rings is 1. The Bertz CT molecular complexity index is 2000. The molecule has 2 heteroatoms. The molecule has 2 heterocycles. The molecule has 0 spiro atoms. The van der Waals surface area contributed by atoms with Crippen molar-refractivity contribution in [1.82, 2.24) is 9.55 Å². The molecule has 0 bridgehead atoms. The lowest BCUT2D eigenvalue weighted by Gasteiger charge is -2.15. The number of hydrogen-bond donors (Lipinski definition) is 0. The summed E-state index contributed by atoms with van der Waals surface area (Å²) in [5, 5.41) is 2.42. The van der Waals surface area contributed by atoms with Crippen molar-refractivity contribution in [2.24, 2.45) is 0 Å². The van der Waals surface area contributed by atoms with Crippen LogP contribution in [0, 0.1) is 6.92 Å². The minimum Gasteiger partial charge on any atom is -0.294 e. The van der Waals surface area contributed by atoms with Crippen LogP contribution in [0.3, 0.4) is 0 Å². The number of fused-ring (bicyclic) bond motifs is 3. The summed E-state index contributed by atoms with van der Waals surface area (Å²) < 4.78 is 2.29. The Morgan fingerprint density at radius 2 is 1.30 bits per heavy atom. The van der Waals surface area contributed by atoms with Crippen molar-refractivity contribution in [3.05, 3.63) is 163 Å². The minimum atomic E-state index is 0.915. The van der Waals surface area contributed by atoms with Gasteiger partial charge in [-0.15, -0.1) is 0 Å². The summed E-state index contributed by atoms with van der Waals surface area (Å²) in [6, 6.07) is 47.1. The van der Waals surface area contributed by atoms with Crippen LogP contribution < -0.4 is 0 Å². The number of aryl methyl sites for hydroxylation is 1. The fourth-order valence-electron chi connectivity index (χ4n) is 5.78. The highest BCUT2D eigenvalue weighted by Crippen LogP contribution is 2.40. The lowest BCUT2D eigenvalue weighted by molar-refractivity contribution is 1.08. The van der Waals surface area contributed by atoms with Crippen LogP contribution in [-0.4, -0.2) is 9.55 Å². The van der Waals surface area contributed by atoms with Crippen LogP contribution in [0.1, 0.15) is 16.7 Å². The Morgan fingerprint density at radius 3 is 2.08 bits per heavy atom. The molecule has 0 unspecified atom stereocenters. The maximum atomic E-state index is 4.76. The fraction of sp³-hybridized carbons (Fsp3) is 0.0263. The van der Waals surface area contributed by atoms with Gasteiger partial charge in [-0.3, -0.25) is 4.57 Å². The quantitative estimate of drug-likeness (QED) is 0.224. The first-order chi connectivity index (χ1) is 19.7. The molecule has 5 aromatic carbocycles. The maximum Gasteiger partial charge on any atom is 0.137 e. The zero-order valence-electron chi connectivity index (χ0n) is 22.4. The highest BCUT2D eigenvalue weighted by atomic mass is 15.1. The molecule has 190 valence electrons. The number of hydrogen-bond acceptors (Lipinski definition) is 1. The highest BCUT2D eigenvalue weighted by molar-refractivity contribution is 6.12. The SMILES string of the molecule is C=C(c1ccccc1)c1ccccc1-c1cc2c3ccc(-c4ccccc4)cc3n(-c3ccccn3)c2cc1C. The van der Waals surface area contributed by atoms with Gasteiger partial charge in [0.25, 0.3) is 0 Å². The third-order valence-corrected chi connectivity index (χ3v) is 7.76. The Labute approximate surface area is 234 Å². The van der Waals surface area contributed by atoms with Crippen LogP contribution in [0.2, 0.25) is 0 Å². The van der Waals surface area contributed by atoms with E-state index < -0.39 is 0 Å². The van der Waals surface area contributed by atoms with Crippen molar-refractivity contribution in [2.75, 3.05) is 0 Å². The first kappa shape index (κ1) is 23.9. The van der Waals surface area contributed by atoms with Crippen LogP contribution in [0.15, 0.2) is 146 Å². The van der Waals surface area contributed by atoms with E-state index in [4.69, 9.17) is 4.98 Å². The summed E-state index contributed by atoms with van der Waals surface area (Å²) in [6.07, 6.45) is 1.86. The zero-order chi connectivity index (χ0) is 27.1. The van der Waals surface area contributed by atoms with Gasteiger partial charge in [-0.05, 0) is 81.8 Å². The van der Waals surface area contributed by atoms with Gasteiger partial charge in [0.1, 0.15) is 5.82 Å². The number of nitrogens with zero attached hydrogens (tertiary/aromatic N) is 2. The molecule has 7 rings (SSSR count). The fourth-order valence-corrected chi connectivity index (χ4v) is 5.78. The van der Waals surface area contributed by atoms with Crippen molar-refractivity contribution >= 4 is 27.4 Å². The zero-order valence-corrected chi connectivity index (χ0v) is 22.4. The molecule has 0 radical (unpaired) electrons. The molecule has 7 aromatic rings. The second kappa shape index (κ2) is 9.83. The van der Waals surface area contributed by atoms with E-state index in [1.54, 1.807) is 0 Å². The van der Waals surface area contributed by atoms with Crippen molar-refractivity contribution in [3.63, 3.8) is 0 Å². The van der Waals surface area contributed by atoms with Crippen LogP contribution in [-0.2, 0) is 0 Å². The molecule has 2 nitrogen and oxygen atoms in total. The summed E-state index contributed by atoms with van der Waals surface area (Å²) in [4.78, 5) is 4.76. The average molecular weight is 513 g/mol. The van der Waals surface area contributed by atoms with Gasteiger partial charge in [0.15, 0.2) is 0 Å². The van der Waals surface area contributed by atoms with Crippen molar-refractivity contribution in [2.45, 2.75) is 6.92 Å². The van der Waals surface area contributed by atoms with E-state index in [-0.39, 0.29) is 0 Å². The van der Waals surface area contributed by atoms with E-state index in [9.17, 15) is 0 Å². The molecular formula is C38H28N2. The molecule has 0 saturated heterocycles. The number of benzene rings is 5. The third kappa shape index (κ3) is 4.02. The molecule has 0 fully saturated rings. The maximum absolute atomic E-state index is 4.76. The van der Waals surface area contributed by atoms with E-state index in [2.05, 4.69) is 133 Å². The highest BCUT2D eigenvalue weighted by Gasteiger charge is 2.18. The molecule has 0 saturated carbocycles. The Kier molecular flexibility index (Phi) is 5.87. The van der Waals surface area contributed by atoms with Crippen molar-refractivity contribution in [1.29, 1.82) is 0 Å². The van der Waals surface area contributed by atoms with Gasteiger partial charge in [0.2, 0.25) is 0 Å². The summed E-state index contributed by atoms with van der Waals surface area (Å²) in [6.45, 7) is 6.69. The molecule has 0 N–H and O–H groups in total. The molecule has 0 atom stereocenters. The molecule has 0 aliphatic heterocycles. The second-order valence-electron chi connectivity index (χ2n) is 10.2. The van der Waals surface area contributed by atoms with Crippen LogP contribution in [0.5, 0.6) is 0 Å². The lowest BCUT2D eigenvalue weighted by atomic mass is 9.89. The van der Waals surface area contributed by atoms with Crippen molar-refractivity contribution in [3.8, 4) is 28.1 Å². The topological polar surface area (TPSA) is 17.8 Å². The van der Waals surface area contributed by atoms with Gasteiger partial charge < -0.3 is 0 Å². The summed E-state index contributed by atoms with van der Waals surface area (Å²) in [5.74, 6) is 0.915. The predicted octanol–water partition coefficient (Wildman–Crippen LogP) is 9.88. The first-order valence-corrected chi connectivity index (χ1v) is 13.6. The van der Waals surface area contributed by atoms with E-state index >= 15 is 0 Å². The van der Waals surface area contributed by atoms with E-state index in [0.29, 0.717) is 0 Å². The van der Waals surface area contributed by atoms with Gasteiger partial charge in [0.05, 0.1) is 11.0 Å². The average Bonchev–Trinajstić information content (AvgIpc) is 3.33. The smallest absolute Gasteiger partial charge is 0.137 e. The van der Waals surface area contributed by atoms with Gasteiger partial charge in [-0.2, -0.15) is 0 Å². The molecule has 0 amide bonds. The summed E-state index contributed by atoms with van der Waals surface area (Å²) >= 11 is 0. The summed E-state index contributed by atoms with van der Waals surface area (Å²) in [5.41, 5.74) is 11.6. The second-order valence-corrected chi connectivity index (χ2v) is 10.2. The lowest BCUT2D eigenvalue weighted by Crippen LogP contribution is -1.97. The molecule has 2 aromatic heterocycles. The summed E-state index contributed by atoms with van der Waals surface area (Å²) in [7, 11) is 0. The Morgan fingerprint density at radius 1 is 0.600 bits per heavy atom. The van der Waals surface area contributed by atoms with Gasteiger partial charge >= 0.3 is 0 Å². The standard InChI is InChI=1S/C38H28N2/c1-26-23-36-35(25-34(26)32-18-10-9-17-31(32)27(2)28-13-5-3-6-14-28)33-21-20-30(29-15-7-4-8-16-29)24-37(33)40(36)38-19-11-12-22-39-38/h3-25H,2H2,1H3. The van der Waals surface area contributed by atoms with Crippen LogP contribution in [0.25, 0.3) is 55.5 Å². The number of aromatic nitrogens is 2. The minimum absolute atomic E-state index is 0.915. The predicted molar refractivity (Wildman–Crippen MR) is 169 cm³/mol. The Hall–Kier alpha value is -5.21. The van der Waals surface area contributed by atoms with E-state index in [1.807, 2.05) is 24.4 Å². The Balaban J connectivity index is 1.49. The molecule has 40 heavy (non-hydrogen) atoms. The van der Waals surface area contributed by atoms with E-state index in [0.717, 1.165) is 33.6 Å². The van der Waals surface area contributed by atoms with Crippen LogP contribution in [0.4, 0.5) is 0 Å². The van der Waals surface area contributed by atoms with Gasteiger partial charge in [-0.25, -0.2) is 4.98 Å². The molecule has 0 aliphatic rings. The molecule has 0 aliphatic carbocycles. The van der Waals surface area contributed by atoms with Crippen LogP contribution >= 0.6 is 0 Å². The molecular weight excluding hydrogens is 484 g/mol. The monoisotopic (exact) mass is 512 g/mol. The van der Waals surface area contributed by atoms with E-state index in [1.165, 1.54) is 38.6 Å². The largest absolute Gasteiger partial charge is 0.294 e. The van der Waals surface area contributed by atoms with Crippen molar-refractivity contribution < 1.29 is 0 Å². The van der Waals surface area contributed by atoms with Gasteiger partial charge in [0, 0.05) is 17.0 Å². The number of rotatable bonds is 5.